The minimum absolute atomic E-state index is 0. The van der Waals surface area contributed by atoms with Gasteiger partial charge in [0.1, 0.15) is 0 Å². The van der Waals surface area contributed by atoms with Crippen molar-refractivity contribution in [3.8, 4) is 0 Å². The van der Waals surface area contributed by atoms with Gasteiger partial charge in [-0.15, -0.1) is 0 Å². The Hall–Kier alpha value is -0.646. The third-order valence-electron chi connectivity index (χ3n) is 2.97. The van der Waals surface area contributed by atoms with Crippen LogP contribution in [0.3, 0.4) is 0 Å². The number of unbranched alkanes of at least 4 members (excludes halogenated alkanes) is 8. The van der Waals surface area contributed by atoms with Crippen molar-refractivity contribution in [3.05, 3.63) is 0 Å². The molecule has 0 aromatic heterocycles. The van der Waals surface area contributed by atoms with E-state index in [-0.39, 0.29) is 40.3 Å². The van der Waals surface area contributed by atoms with Gasteiger partial charge < -0.3 is 30.8 Å². The molecule has 23 heavy (non-hydrogen) atoms. The van der Waals surface area contributed by atoms with Crippen molar-refractivity contribution < 1.29 is 47.2 Å². The first-order valence-corrected chi connectivity index (χ1v) is 7.94. The van der Waals surface area contributed by atoms with E-state index in [0.29, 0.717) is 0 Å². The number of carboxylic acids is 2. The Labute approximate surface area is 150 Å². The fourth-order valence-corrected chi connectivity index (χ4v) is 1.75. The molecule has 144 valence electrons. The zero-order chi connectivity index (χ0) is 15.6. The summed E-state index contributed by atoms with van der Waals surface area (Å²) in [4.78, 5) is 19.8. The molecule has 0 aromatic carbocycles. The Morgan fingerprint density at radius 1 is 0.609 bits per heavy atom. The fourth-order valence-electron chi connectivity index (χ4n) is 1.75. The number of aliphatic carboxylic acids is 2. The topological polar surface area (TPSA) is 143 Å². The second-order valence-corrected chi connectivity index (χ2v) is 5.07. The van der Waals surface area contributed by atoms with E-state index in [0.717, 1.165) is 38.5 Å². The van der Waals surface area contributed by atoms with Crippen LogP contribution in [0.2, 0.25) is 0 Å². The van der Waals surface area contributed by atoms with Gasteiger partial charge in [-0.2, -0.15) is 0 Å². The van der Waals surface area contributed by atoms with Crippen molar-refractivity contribution in [1.82, 2.24) is 0 Å². The third kappa shape index (κ3) is 44.9. The molecular formula is C16H34NiO6. The van der Waals surface area contributed by atoms with Crippen LogP contribution in [0.15, 0.2) is 0 Å². The van der Waals surface area contributed by atoms with Gasteiger partial charge in [0.15, 0.2) is 0 Å². The van der Waals surface area contributed by atoms with Crippen LogP contribution in [0.25, 0.3) is 0 Å². The van der Waals surface area contributed by atoms with E-state index in [1.807, 2.05) is 0 Å². The zero-order valence-corrected chi connectivity index (χ0v) is 15.4. The molecular weight excluding hydrogens is 347 g/mol. The van der Waals surface area contributed by atoms with Crippen molar-refractivity contribution in [2.45, 2.75) is 90.9 Å². The molecule has 7 heteroatoms. The summed E-state index contributed by atoms with van der Waals surface area (Å²) in [5, 5.41) is 19.8. The maximum atomic E-state index is 9.92. The Morgan fingerprint density at radius 3 is 1.09 bits per heavy atom. The van der Waals surface area contributed by atoms with Gasteiger partial charge in [0.05, 0.1) is 0 Å². The van der Waals surface area contributed by atoms with Crippen LogP contribution in [-0.2, 0) is 26.1 Å². The first-order valence-electron chi connectivity index (χ1n) is 7.94. The SMILES string of the molecule is CCCCCCCC(=O)[O-].CCCCCCCC(=O)[O-].O.O.[Ni+2]. The maximum absolute atomic E-state index is 9.92. The van der Waals surface area contributed by atoms with Crippen molar-refractivity contribution >= 4 is 11.9 Å². The Morgan fingerprint density at radius 2 is 0.870 bits per heavy atom. The molecule has 0 saturated carbocycles. The fraction of sp³-hybridized carbons (Fsp3) is 0.875. The van der Waals surface area contributed by atoms with Crippen molar-refractivity contribution in [2.75, 3.05) is 0 Å². The molecule has 0 heterocycles. The molecule has 4 N–H and O–H groups in total. The van der Waals surface area contributed by atoms with Gasteiger partial charge in [0.2, 0.25) is 0 Å². The molecule has 0 bridgehead atoms. The van der Waals surface area contributed by atoms with Gasteiger partial charge >= 0.3 is 16.5 Å². The molecule has 0 aliphatic rings. The van der Waals surface area contributed by atoms with Crippen LogP contribution < -0.4 is 10.2 Å². The summed E-state index contributed by atoms with van der Waals surface area (Å²) in [6.45, 7) is 4.28. The summed E-state index contributed by atoms with van der Waals surface area (Å²) >= 11 is 0. The molecule has 0 rings (SSSR count). The average molecular weight is 381 g/mol. The van der Waals surface area contributed by atoms with Crippen LogP contribution in [0.4, 0.5) is 0 Å². The number of rotatable bonds is 12. The predicted octanol–water partition coefficient (Wildman–Crippen LogP) is 0.542. The summed E-state index contributed by atoms with van der Waals surface area (Å²) in [5.41, 5.74) is 0. The van der Waals surface area contributed by atoms with Crippen LogP contribution in [0, 0.1) is 0 Å². The molecule has 6 nitrogen and oxygen atoms in total. The van der Waals surface area contributed by atoms with E-state index in [1.54, 1.807) is 0 Å². The van der Waals surface area contributed by atoms with Crippen molar-refractivity contribution in [1.29, 1.82) is 0 Å². The molecule has 0 spiro atoms. The second-order valence-electron chi connectivity index (χ2n) is 5.07. The number of carbonyl (C=O) groups is 2. The van der Waals surface area contributed by atoms with Crippen LogP contribution in [0.5, 0.6) is 0 Å². The van der Waals surface area contributed by atoms with Crippen LogP contribution in [-0.4, -0.2) is 22.9 Å². The normalized spacial score (nSPS) is 8.43. The molecule has 0 saturated heterocycles. The second kappa shape index (κ2) is 29.4. The molecule has 0 aromatic rings. The minimum Gasteiger partial charge on any atom is -0.550 e. The molecule has 0 aliphatic heterocycles. The number of carboxylic acid groups (broad SMARTS) is 2. The van der Waals surface area contributed by atoms with E-state index in [1.165, 1.54) is 25.7 Å². The summed E-state index contributed by atoms with van der Waals surface area (Å²) in [7, 11) is 0. The largest absolute Gasteiger partial charge is 2.00 e. The Kier molecular flexibility index (Phi) is 43.2. The summed E-state index contributed by atoms with van der Waals surface area (Å²) in [6.07, 6.45) is 11.2. The van der Waals surface area contributed by atoms with E-state index >= 15 is 0 Å². The van der Waals surface area contributed by atoms with Gasteiger partial charge in [0.25, 0.3) is 0 Å². The maximum Gasteiger partial charge on any atom is 2.00 e. The van der Waals surface area contributed by atoms with Crippen molar-refractivity contribution in [3.63, 3.8) is 0 Å². The quantitative estimate of drug-likeness (QED) is 0.359. The molecule has 0 aliphatic carbocycles. The number of carbonyl (C=O) groups excluding carboxylic acids is 2. The van der Waals surface area contributed by atoms with E-state index < -0.39 is 11.9 Å². The van der Waals surface area contributed by atoms with E-state index in [4.69, 9.17) is 0 Å². The molecule has 0 amide bonds. The van der Waals surface area contributed by atoms with Gasteiger partial charge in [0, 0.05) is 11.9 Å². The Bertz CT molecular complexity index is 213. The third-order valence-corrected chi connectivity index (χ3v) is 2.97. The van der Waals surface area contributed by atoms with E-state index in [9.17, 15) is 19.8 Å². The van der Waals surface area contributed by atoms with E-state index in [2.05, 4.69) is 13.8 Å². The standard InChI is InChI=1S/2C8H16O2.Ni.2H2O/c2*1-2-3-4-5-6-7-8(9)10;;;/h2*2-7H2,1H3,(H,9,10);;2*1H2/q;;+2;;/p-2. The van der Waals surface area contributed by atoms with Gasteiger partial charge in [-0.3, -0.25) is 0 Å². The predicted molar refractivity (Wildman–Crippen MR) is 84.0 cm³/mol. The summed E-state index contributed by atoms with van der Waals surface area (Å²) < 4.78 is 0. The summed E-state index contributed by atoms with van der Waals surface area (Å²) in [6, 6.07) is 0. The molecule has 0 atom stereocenters. The first-order chi connectivity index (χ1) is 9.54. The van der Waals surface area contributed by atoms with Crippen LogP contribution in [0.1, 0.15) is 90.9 Å². The van der Waals surface area contributed by atoms with Gasteiger partial charge in [-0.25, -0.2) is 0 Å². The monoisotopic (exact) mass is 380 g/mol. The molecule has 0 fully saturated rings. The van der Waals surface area contributed by atoms with Gasteiger partial charge in [-0.05, 0) is 25.7 Å². The van der Waals surface area contributed by atoms with Crippen LogP contribution >= 0.6 is 0 Å². The van der Waals surface area contributed by atoms with Gasteiger partial charge in [-0.1, -0.05) is 65.2 Å². The summed E-state index contributed by atoms with van der Waals surface area (Å²) in [5.74, 6) is -1.84. The zero-order valence-electron chi connectivity index (χ0n) is 14.4. The minimum atomic E-state index is -0.920. The van der Waals surface area contributed by atoms with Crippen molar-refractivity contribution in [2.24, 2.45) is 0 Å². The number of hydrogen-bond acceptors (Lipinski definition) is 4. The molecule has 0 unspecified atom stereocenters. The molecule has 0 radical (unpaired) electrons. The first kappa shape index (κ1) is 33.8. The number of hydrogen-bond donors (Lipinski definition) is 0. The average Bonchev–Trinajstić information content (AvgIpc) is 2.38. The Balaban J connectivity index is -0.0000000831. The smallest absolute Gasteiger partial charge is 0.550 e.